The maximum Gasteiger partial charge on any atom is 0.132 e. The standard InChI is InChI=1S/C9H10O.Mn/c1-6-4-9(5-10)8(3)7(6)2;/h4H,1-3H3;. The SMILES string of the molecule is CC1=CC(=C=O)C(C)=C1C.[Mn]. The number of hydrogen-bond donors (Lipinski definition) is 0. The Morgan fingerprint density at radius 2 is 1.73 bits per heavy atom. The molecule has 0 aliphatic heterocycles. The Kier molecular flexibility index (Phi) is 3.54. The molecular weight excluding hydrogens is 179 g/mol. The van der Waals surface area contributed by atoms with Gasteiger partial charge in [0.15, 0.2) is 0 Å². The molecule has 0 saturated heterocycles. The minimum Gasteiger partial charge on any atom is -0.233 e. The van der Waals surface area contributed by atoms with Gasteiger partial charge < -0.3 is 0 Å². The van der Waals surface area contributed by atoms with Crippen LogP contribution in [0.4, 0.5) is 0 Å². The molecule has 0 N–H and O–H groups in total. The first-order chi connectivity index (χ1) is 4.66. The molecule has 0 fully saturated rings. The summed E-state index contributed by atoms with van der Waals surface area (Å²) in [6, 6.07) is 0. The van der Waals surface area contributed by atoms with Crippen LogP contribution >= 0.6 is 0 Å². The summed E-state index contributed by atoms with van der Waals surface area (Å²) in [5.41, 5.74) is 4.15. The van der Waals surface area contributed by atoms with Gasteiger partial charge in [0, 0.05) is 17.1 Å². The minimum atomic E-state index is 0. The second-order valence-electron chi connectivity index (χ2n) is 2.59. The predicted octanol–water partition coefficient (Wildman–Crippen LogP) is 2.04. The van der Waals surface area contributed by atoms with Gasteiger partial charge in [0.2, 0.25) is 0 Å². The van der Waals surface area contributed by atoms with E-state index in [1.807, 2.05) is 32.8 Å². The zero-order chi connectivity index (χ0) is 7.72. The van der Waals surface area contributed by atoms with E-state index in [0.717, 1.165) is 5.57 Å². The smallest absolute Gasteiger partial charge is 0.132 e. The van der Waals surface area contributed by atoms with Gasteiger partial charge in [0.25, 0.3) is 0 Å². The van der Waals surface area contributed by atoms with Gasteiger partial charge in [-0.1, -0.05) is 0 Å². The fraction of sp³-hybridized carbons (Fsp3) is 0.333. The Balaban J connectivity index is 0.000001000. The Morgan fingerprint density at radius 1 is 1.18 bits per heavy atom. The third-order valence-corrected chi connectivity index (χ3v) is 2.03. The van der Waals surface area contributed by atoms with Crippen molar-refractivity contribution in [3.63, 3.8) is 0 Å². The van der Waals surface area contributed by atoms with E-state index < -0.39 is 0 Å². The van der Waals surface area contributed by atoms with Crippen molar-refractivity contribution in [1.82, 2.24) is 0 Å². The van der Waals surface area contributed by atoms with Crippen LogP contribution in [-0.4, -0.2) is 5.94 Å². The van der Waals surface area contributed by atoms with Crippen molar-refractivity contribution in [3.8, 4) is 0 Å². The Labute approximate surface area is 77.3 Å². The molecule has 0 atom stereocenters. The summed E-state index contributed by atoms with van der Waals surface area (Å²) in [4.78, 5) is 10.3. The molecule has 0 aromatic carbocycles. The van der Waals surface area contributed by atoms with E-state index in [4.69, 9.17) is 0 Å². The van der Waals surface area contributed by atoms with Crippen molar-refractivity contribution in [2.75, 3.05) is 0 Å². The van der Waals surface area contributed by atoms with Crippen molar-refractivity contribution in [1.29, 1.82) is 0 Å². The monoisotopic (exact) mass is 189 g/mol. The van der Waals surface area contributed by atoms with Crippen LogP contribution in [0.5, 0.6) is 0 Å². The Bertz CT molecular complexity index is 274. The fourth-order valence-corrected chi connectivity index (χ4v) is 1.04. The van der Waals surface area contributed by atoms with Crippen LogP contribution in [0.15, 0.2) is 28.4 Å². The average molecular weight is 189 g/mol. The Hall–Kier alpha value is -0.551. The van der Waals surface area contributed by atoms with Crippen LogP contribution in [-0.2, 0) is 21.9 Å². The second kappa shape index (κ2) is 3.73. The maximum atomic E-state index is 10.3. The van der Waals surface area contributed by atoms with Gasteiger partial charge in [0.05, 0.1) is 5.57 Å². The summed E-state index contributed by atoms with van der Waals surface area (Å²) in [6.07, 6.45) is 1.87. The summed E-state index contributed by atoms with van der Waals surface area (Å²) < 4.78 is 0. The van der Waals surface area contributed by atoms with E-state index in [1.54, 1.807) is 0 Å². The number of allylic oxidation sites excluding steroid dienone is 5. The van der Waals surface area contributed by atoms with E-state index in [0.29, 0.717) is 5.57 Å². The van der Waals surface area contributed by atoms with Crippen molar-refractivity contribution in [2.24, 2.45) is 0 Å². The van der Waals surface area contributed by atoms with Gasteiger partial charge in [-0.25, -0.2) is 4.79 Å². The fourth-order valence-electron chi connectivity index (χ4n) is 1.04. The van der Waals surface area contributed by atoms with Crippen LogP contribution in [0.2, 0.25) is 0 Å². The van der Waals surface area contributed by atoms with Gasteiger partial charge >= 0.3 is 0 Å². The molecule has 0 bridgehead atoms. The number of rotatable bonds is 0. The van der Waals surface area contributed by atoms with Gasteiger partial charge in [-0.15, -0.1) is 0 Å². The number of carbonyl (C=O) groups excluding carboxylic acids is 1. The van der Waals surface area contributed by atoms with Crippen LogP contribution in [0.3, 0.4) is 0 Å². The molecule has 11 heavy (non-hydrogen) atoms. The molecule has 1 nitrogen and oxygen atoms in total. The van der Waals surface area contributed by atoms with E-state index in [-0.39, 0.29) is 17.1 Å². The van der Waals surface area contributed by atoms with E-state index in [2.05, 4.69) is 0 Å². The molecule has 0 amide bonds. The van der Waals surface area contributed by atoms with Gasteiger partial charge in [-0.3, -0.25) is 0 Å². The summed E-state index contributed by atoms with van der Waals surface area (Å²) in [5, 5.41) is 0. The molecule has 0 heterocycles. The molecule has 1 rings (SSSR count). The molecule has 1 radical (unpaired) electrons. The van der Waals surface area contributed by atoms with Crippen LogP contribution in [0.1, 0.15) is 20.8 Å². The topological polar surface area (TPSA) is 17.1 Å². The predicted molar refractivity (Wildman–Crippen MR) is 41.3 cm³/mol. The van der Waals surface area contributed by atoms with Crippen LogP contribution < -0.4 is 0 Å². The number of hydrogen-bond acceptors (Lipinski definition) is 1. The first-order valence-corrected chi connectivity index (χ1v) is 3.28. The maximum absolute atomic E-state index is 10.3. The molecule has 0 spiro atoms. The molecule has 1 aliphatic rings. The molecule has 0 saturated carbocycles. The first kappa shape index (κ1) is 10.4. The second-order valence-corrected chi connectivity index (χ2v) is 2.59. The molecule has 0 aromatic heterocycles. The quantitative estimate of drug-likeness (QED) is 0.421. The molecular formula is C9H10MnO. The summed E-state index contributed by atoms with van der Waals surface area (Å²) in [6.45, 7) is 5.97. The van der Waals surface area contributed by atoms with Crippen molar-refractivity contribution >= 4 is 5.94 Å². The molecule has 0 unspecified atom stereocenters. The van der Waals surface area contributed by atoms with Gasteiger partial charge in [0.1, 0.15) is 5.94 Å². The summed E-state index contributed by atoms with van der Waals surface area (Å²) in [7, 11) is 0. The normalized spacial score (nSPS) is 15.9. The Morgan fingerprint density at radius 3 is 1.91 bits per heavy atom. The van der Waals surface area contributed by atoms with E-state index in [9.17, 15) is 4.79 Å². The summed E-state index contributed by atoms with van der Waals surface area (Å²) in [5.74, 6) is 1.91. The molecule has 0 aromatic rings. The van der Waals surface area contributed by atoms with Crippen molar-refractivity contribution < 1.29 is 21.9 Å². The first-order valence-electron chi connectivity index (χ1n) is 3.28. The van der Waals surface area contributed by atoms with E-state index in [1.165, 1.54) is 11.1 Å². The van der Waals surface area contributed by atoms with Crippen LogP contribution in [0, 0.1) is 0 Å². The van der Waals surface area contributed by atoms with Gasteiger partial charge in [-0.2, -0.15) is 0 Å². The van der Waals surface area contributed by atoms with Gasteiger partial charge in [-0.05, 0) is 43.6 Å². The zero-order valence-corrected chi connectivity index (χ0v) is 8.04. The van der Waals surface area contributed by atoms with Crippen molar-refractivity contribution in [2.45, 2.75) is 20.8 Å². The van der Waals surface area contributed by atoms with Crippen LogP contribution in [0.25, 0.3) is 0 Å². The third-order valence-electron chi connectivity index (χ3n) is 2.03. The average Bonchev–Trinajstić information content (AvgIpc) is 2.17. The largest absolute Gasteiger partial charge is 0.233 e. The molecule has 59 valence electrons. The minimum absolute atomic E-state index is 0. The van der Waals surface area contributed by atoms with E-state index >= 15 is 0 Å². The zero-order valence-electron chi connectivity index (χ0n) is 6.86. The molecule has 2 heteroatoms. The third kappa shape index (κ3) is 1.72. The molecule has 1 aliphatic carbocycles. The summed E-state index contributed by atoms with van der Waals surface area (Å²) >= 11 is 0. The van der Waals surface area contributed by atoms with Crippen molar-refractivity contribution in [3.05, 3.63) is 28.4 Å².